The van der Waals surface area contributed by atoms with Crippen molar-refractivity contribution in [2.75, 3.05) is 24.7 Å². The van der Waals surface area contributed by atoms with Gasteiger partial charge in [0, 0.05) is 24.7 Å². The van der Waals surface area contributed by atoms with E-state index in [1.54, 1.807) is 0 Å². The largest absolute Gasteiger partial charge is 0.381 e. The zero-order valence-electron chi connectivity index (χ0n) is 27.3. The van der Waals surface area contributed by atoms with Crippen LogP contribution in [0.15, 0.2) is 0 Å². The SMILES string of the molecule is CCCCC[SiH](CCCCC)C(CSSSCC(OCCCC)[SiH](CCCCC)CCCCC)OCCCC. The molecule has 2 atom stereocenters. The lowest BCUT2D eigenvalue weighted by Crippen LogP contribution is -2.36. The topological polar surface area (TPSA) is 18.5 Å². The Morgan fingerprint density at radius 1 is 0.436 bits per heavy atom. The smallest absolute Gasteiger partial charge is 0.0728 e. The van der Waals surface area contributed by atoms with Gasteiger partial charge in [-0.1, -0.05) is 177 Å². The molecule has 0 aromatic rings. The van der Waals surface area contributed by atoms with E-state index in [4.69, 9.17) is 9.47 Å². The Balaban J connectivity index is 5.00. The van der Waals surface area contributed by atoms with Crippen LogP contribution in [0.5, 0.6) is 0 Å². The first kappa shape index (κ1) is 40.4. The minimum Gasteiger partial charge on any atom is -0.381 e. The van der Waals surface area contributed by atoms with Crippen LogP contribution in [0.1, 0.15) is 144 Å². The highest BCUT2D eigenvalue weighted by Crippen LogP contribution is 2.37. The Labute approximate surface area is 261 Å². The second kappa shape index (κ2) is 32.3. The lowest BCUT2D eigenvalue weighted by atomic mass is 10.3. The number of unbranched alkanes of at least 4 members (excludes halogenated alkanes) is 10. The minimum absolute atomic E-state index is 0.560. The summed E-state index contributed by atoms with van der Waals surface area (Å²) in [4.78, 5) is 0. The van der Waals surface area contributed by atoms with Crippen LogP contribution >= 0.6 is 31.4 Å². The summed E-state index contributed by atoms with van der Waals surface area (Å²) >= 11 is 0. The van der Waals surface area contributed by atoms with E-state index in [9.17, 15) is 0 Å². The molecule has 2 unspecified atom stereocenters. The summed E-state index contributed by atoms with van der Waals surface area (Å²) in [5.41, 5.74) is 1.12. The predicted octanol–water partition coefficient (Wildman–Crippen LogP) is 11.7. The van der Waals surface area contributed by atoms with Gasteiger partial charge in [0.05, 0.1) is 29.0 Å². The zero-order valence-corrected chi connectivity index (χ0v) is 32.1. The molecule has 0 aliphatic heterocycles. The Morgan fingerprint density at radius 3 is 1.03 bits per heavy atom. The third-order valence-electron chi connectivity index (χ3n) is 7.99. The molecule has 0 aliphatic carbocycles. The van der Waals surface area contributed by atoms with E-state index in [1.807, 2.05) is 0 Å². The summed E-state index contributed by atoms with van der Waals surface area (Å²) in [6.45, 7) is 15.9. The van der Waals surface area contributed by atoms with Gasteiger partial charge in [-0.25, -0.2) is 0 Å². The highest BCUT2D eigenvalue weighted by Gasteiger charge is 2.25. The Hall–Kier alpha value is 1.40. The van der Waals surface area contributed by atoms with Crippen molar-refractivity contribution in [3.8, 4) is 0 Å². The first-order valence-electron chi connectivity index (χ1n) is 17.3. The van der Waals surface area contributed by atoms with Crippen LogP contribution in [0.4, 0.5) is 0 Å². The maximum Gasteiger partial charge on any atom is 0.0728 e. The molecule has 2 nitrogen and oxygen atoms in total. The van der Waals surface area contributed by atoms with Crippen molar-refractivity contribution in [2.45, 2.75) is 180 Å². The van der Waals surface area contributed by atoms with Crippen LogP contribution in [0, 0.1) is 0 Å². The normalized spacial score (nSPS) is 13.5. The molecule has 0 saturated heterocycles. The Kier molecular flexibility index (Phi) is 33.5. The third-order valence-corrected chi connectivity index (χ3v) is 20.5. The van der Waals surface area contributed by atoms with E-state index in [2.05, 4.69) is 73.0 Å². The summed E-state index contributed by atoms with van der Waals surface area (Å²) < 4.78 is 13.3. The van der Waals surface area contributed by atoms with Crippen molar-refractivity contribution in [2.24, 2.45) is 0 Å². The van der Waals surface area contributed by atoms with E-state index < -0.39 is 17.6 Å². The van der Waals surface area contributed by atoms with Gasteiger partial charge in [-0.05, 0) is 22.7 Å². The molecule has 0 bridgehead atoms. The quantitative estimate of drug-likeness (QED) is 0.0413. The van der Waals surface area contributed by atoms with Crippen molar-refractivity contribution in [1.82, 2.24) is 0 Å². The van der Waals surface area contributed by atoms with Gasteiger partial charge in [-0.3, -0.25) is 0 Å². The highest BCUT2D eigenvalue weighted by molar-refractivity contribution is 9.09. The first-order valence-corrected chi connectivity index (χ1v) is 25.7. The summed E-state index contributed by atoms with van der Waals surface area (Å²) in [7, 11) is 4.50. The van der Waals surface area contributed by atoms with E-state index in [1.165, 1.54) is 138 Å². The molecule has 0 amide bonds. The number of ether oxygens (including phenoxy) is 2. The van der Waals surface area contributed by atoms with E-state index >= 15 is 0 Å². The van der Waals surface area contributed by atoms with Gasteiger partial charge in [-0.2, -0.15) is 0 Å². The monoisotopic (exact) mass is 638 g/mol. The molecule has 0 aromatic heterocycles. The fraction of sp³-hybridized carbons (Fsp3) is 1.00. The Morgan fingerprint density at radius 2 is 0.744 bits per heavy atom. The second-order valence-corrected chi connectivity index (χ2v) is 22.8. The summed E-state index contributed by atoms with van der Waals surface area (Å²) in [6.07, 6.45) is 21.6. The van der Waals surface area contributed by atoms with Gasteiger partial charge in [0.2, 0.25) is 0 Å². The molecule has 0 saturated carbocycles. The zero-order chi connectivity index (χ0) is 28.8. The maximum absolute atomic E-state index is 6.65. The number of rotatable bonds is 32. The number of hydrogen-bond donors (Lipinski definition) is 0. The average Bonchev–Trinajstić information content (AvgIpc) is 2.94. The van der Waals surface area contributed by atoms with Crippen LogP contribution in [0.3, 0.4) is 0 Å². The van der Waals surface area contributed by atoms with Crippen molar-refractivity contribution >= 4 is 49.0 Å². The maximum atomic E-state index is 6.65. The van der Waals surface area contributed by atoms with E-state index in [0.29, 0.717) is 11.5 Å². The van der Waals surface area contributed by atoms with Gasteiger partial charge < -0.3 is 9.47 Å². The molecular weight excluding hydrogens is 569 g/mol. The summed E-state index contributed by atoms with van der Waals surface area (Å²) in [5.74, 6) is 2.40. The third kappa shape index (κ3) is 24.5. The molecule has 0 aliphatic rings. The van der Waals surface area contributed by atoms with Crippen molar-refractivity contribution < 1.29 is 9.47 Å². The van der Waals surface area contributed by atoms with Crippen LogP contribution in [0.25, 0.3) is 0 Å². The molecule has 0 heterocycles. The second-order valence-electron chi connectivity index (χ2n) is 11.7. The number of hydrogen-bond acceptors (Lipinski definition) is 5. The fourth-order valence-corrected chi connectivity index (χ4v) is 18.6. The van der Waals surface area contributed by atoms with E-state index in [-0.39, 0.29) is 0 Å². The van der Waals surface area contributed by atoms with Crippen molar-refractivity contribution in [3.63, 3.8) is 0 Å². The van der Waals surface area contributed by atoms with Gasteiger partial charge >= 0.3 is 0 Å². The lowest BCUT2D eigenvalue weighted by molar-refractivity contribution is 0.113. The van der Waals surface area contributed by atoms with Crippen LogP contribution in [-0.2, 0) is 9.47 Å². The molecule has 0 rings (SSSR count). The minimum atomic E-state index is -0.878. The molecule has 0 radical (unpaired) electrons. The summed E-state index contributed by atoms with van der Waals surface area (Å²) in [6, 6.07) is 5.96. The molecular formula is C32H70O2S3Si2. The fourth-order valence-electron chi connectivity index (χ4n) is 5.28. The van der Waals surface area contributed by atoms with Crippen LogP contribution in [-0.4, -0.2) is 53.8 Å². The molecule has 236 valence electrons. The van der Waals surface area contributed by atoms with Crippen molar-refractivity contribution in [3.05, 3.63) is 0 Å². The first-order chi connectivity index (χ1) is 19.2. The standard InChI is InChI=1S/C32H70O2S3Si2/c1-7-13-19-25-38(26-20-14-8-2)31(33-23-17-11-5)29-35-37-36-30-32(34-24-18-12-6)39(27-21-15-9-3)28-22-16-10-4/h31-32,38-39H,7-30H2,1-6H3. The Bertz CT molecular complexity index is 417. The molecule has 0 aromatic carbocycles. The van der Waals surface area contributed by atoms with E-state index in [0.717, 1.165) is 13.2 Å². The molecule has 7 heteroatoms. The van der Waals surface area contributed by atoms with Gasteiger partial charge in [0.1, 0.15) is 0 Å². The average molecular weight is 639 g/mol. The van der Waals surface area contributed by atoms with Gasteiger partial charge in [0.15, 0.2) is 0 Å². The van der Waals surface area contributed by atoms with Gasteiger partial charge in [0.25, 0.3) is 0 Å². The van der Waals surface area contributed by atoms with Crippen molar-refractivity contribution in [1.29, 1.82) is 0 Å². The van der Waals surface area contributed by atoms with Gasteiger partial charge in [-0.15, -0.1) is 0 Å². The molecule has 0 fully saturated rings. The van der Waals surface area contributed by atoms with Crippen LogP contribution < -0.4 is 0 Å². The molecule has 0 N–H and O–H groups in total. The molecule has 0 spiro atoms. The molecule has 39 heavy (non-hydrogen) atoms. The van der Waals surface area contributed by atoms with Crippen LogP contribution in [0.2, 0.25) is 24.2 Å². The lowest BCUT2D eigenvalue weighted by Gasteiger charge is -2.27. The highest BCUT2D eigenvalue weighted by atomic mass is 33.5. The predicted molar refractivity (Wildman–Crippen MR) is 193 cm³/mol. The summed E-state index contributed by atoms with van der Waals surface area (Å²) in [5, 5.41) is 0.